The molecule has 200 valence electrons. The Morgan fingerprint density at radius 2 is 1.05 bits per heavy atom. The average molecular weight is 579 g/mol. The Kier molecular flexibility index (Phi) is 9.80. The number of halogens is 2. The van der Waals surface area contributed by atoms with Gasteiger partial charge in [0.1, 0.15) is 6.61 Å². The molecular weight excluding hydrogens is 554 g/mol. The molecule has 0 heterocycles. The molecule has 0 aliphatic rings. The first-order valence-electron chi connectivity index (χ1n) is 11.1. The Morgan fingerprint density at radius 1 is 0.684 bits per heavy atom. The minimum absolute atomic E-state index is 0.0146. The number of rotatable bonds is 8. The third-order valence-corrected chi connectivity index (χ3v) is 9.35. The first kappa shape index (κ1) is 29.5. The molecule has 0 aliphatic heterocycles. The van der Waals surface area contributed by atoms with E-state index in [-0.39, 0.29) is 10.9 Å². The highest BCUT2D eigenvalue weighted by Crippen LogP contribution is 2.30. The van der Waals surface area contributed by atoms with Crippen molar-refractivity contribution < 1.29 is 34.4 Å². The van der Waals surface area contributed by atoms with Crippen molar-refractivity contribution in [1.82, 2.24) is 0 Å². The van der Waals surface area contributed by atoms with E-state index in [9.17, 15) is 30.2 Å². The average Bonchev–Trinajstić information content (AvgIpc) is 2.90. The van der Waals surface area contributed by atoms with Crippen LogP contribution < -0.4 is 0 Å². The van der Waals surface area contributed by atoms with Gasteiger partial charge in [0.15, 0.2) is 24.8 Å². The molecular formula is C27H24F2O6S3. The molecule has 6 nitrogen and oxygen atoms in total. The fourth-order valence-corrected chi connectivity index (χ4v) is 6.36. The van der Waals surface area contributed by atoms with Crippen molar-refractivity contribution in [2.24, 2.45) is 0 Å². The lowest BCUT2D eigenvalue weighted by Crippen LogP contribution is -2.34. The van der Waals surface area contributed by atoms with Crippen molar-refractivity contribution in [2.45, 2.75) is 31.8 Å². The van der Waals surface area contributed by atoms with Crippen LogP contribution in [0.15, 0.2) is 135 Å². The van der Waals surface area contributed by atoms with E-state index in [2.05, 4.69) is 95.2 Å². The van der Waals surface area contributed by atoms with Gasteiger partial charge < -0.3 is 4.55 Å². The minimum Gasteiger partial charge on any atom is -0.743 e. The highest BCUT2D eigenvalue weighted by molar-refractivity contribution is 7.97. The van der Waals surface area contributed by atoms with E-state index in [1.54, 1.807) is 6.92 Å². The summed E-state index contributed by atoms with van der Waals surface area (Å²) in [5.41, 5.74) is 0.728. The molecule has 0 amide bonds. The van der Waals surface area contributed by atoms with Gasteiger partial charge in [-0.3, -0.25) is 4.18 Å². The molecule has 0 radical (unpaired) electrons. The van der Waals surface area contributed by atoms with Gasteiger partial charge in [-0.1, -0.05) is 72.3 Å². The fraction of sp³-hybridized carbons (Fsp3) is 0.111. The number of aryl methyl sites for hydroxylation is 1. The van der Waals surface area contributed by atoms with Crippen LogP contribution in [0.2, 0.25) is 0 Å². The van der Waals surface area contributed by atoms with Gasteiger partial charge in [-0.15, -0.1) is 0 Å². The molecule has 0 aliphatic carbocycles. The van der Waals surface area contributed by atoms with Crippen LogP contribution in [0.25, 0.3) is 0 Å². The van der Waals surface area contributed by atoms with E-state index in [0.717, 1.165) is 17.7 Å². The summed E-state index contributed by atoms with van der Waals surface area (Å²) in [5.74, 6) is 0. The van der Waals surface area contributed by atoms with Crippen LogP contribution in [0.1, 0.15) is 5.56 Å². The standard InChI is InChI=1S/C18H15S.C9H10F2O6S2/c1-4-10-16(11-5-1)19(17-12-6-2-7-13-17)18-14-8-3-9-15-18;1-7-2-4-8(5-3-7)18(12,13)17-6-9(10,11)19(14,15)16/h1-15H;2-5H,6H2,1H3,(H,14,15,16)/q+1;/p-1. The van der Waals surface area contributed by atoms with Gasteiger partial charge in [-0.05, 0) is 55.5 Å². The summed E-state index contributed by atoms with van der Waals surface area (Å²) in [6.45, 7) is -0.384. The van der Waals surface area contributed by atoms with Crippen molar-refractivity contribution >= 4 is 31.1 Å². The topological polar surface area (TPSA) is 101 Å². The lowest BCUT2D eigenvalue weighted by molar-refractivity contribution is 0.0303. The van der Waals surface area contributed by atoms with Gasteiger partial charge in [0.25, 0.3) is 10.1 Å². The first-order valence-corrected chi connectivity index (χ1v) is 15.1. The Bertz CT molecular complexity index is 1420. The van der Waals surface area contributed by atoms with Gasteiger partial charge in [0, 0.05) is 0 Å². The highest BCUT2D eigenvalue weighted by atomic mass is 32.2. The Morgan fingerprint density at radius 3 is 1.39 bits per heavy atom. The molecule has 38 heavy (non-hydrogen) atoms. The van der Waals surface area contributed by atoms with Crippen LogP contribution in [0.5, 0.6) is 0 Å². The van der Waals surface area contributed by atoms with Crippen molar-refractivity contribution in [2.75, 3.05) is 6.61 Å². The van der Waals surface area contributed by atoms with Gasteiger partial charge >= 0.3 is 5.25 Å². The molecule has 4 rings (SSSR count). The monoisotopic (exact) mass is 578 g/mol. The molecule has 0 atom stereocenters. The zero-order chi connectivity index (χ0) is 27.8. The van der Waals surface area contributed by atoms with Gasteiger partial charge in [0.05, 0.1) is 15.8 Å². The molecule has 0 N–H and O–H groups in total. The summed E-state index contributed by atoms with van der Waals surface area (Å²) >= 11 is 0. The maximum atomic E-state index is 12.8. The van der Waals surface area contributed by atoms with Crippen LogP contribution in [-0.2, 0) is 35.3 Å². The zero-order valence-electron chi connectivity index (χ0n) is 20.1. The fourth-order valence-electron chi connectivity index (χ4n) is 3.07. The summed E-state index contributed by atoms with van der Waals surface area (Å²) in [6.07, 6.45) is 0. The second-order valence-corrected chi connectivity index (χ2v) is 13.0. The molecule has 0 fully saturated rings. The van der Waals surface area contributed by atoms with Gasteiger partial charge in [-0.25, -0.2) is 8.42 Å². The predicted molar refractivity (Wildman–Crippen MR) is 140 cm³/mol. The lowest BCUT2D eigenvalue weighted by atomic mass is 10.2. The SMILES string of the molecule is Cc1ccc(S(=O)(=O)OCC(F)(F)S(=O)(=O)[O-])cc1.c1ccc([S+](c2ccccc2)c2ccccc2)cc1. The molecule has 4 aromatic rings. The van der Waals surface area contributed by atoms with Crippen LogP contribution in [0.3, 0.4) is 0 Å². The summed E-state index contributed by atoms with van der Waals surface area (Å²) in [5, 5.41) is -4.81. The molecule has 0 aromatic heterocycles. The molecule has 0 unspecified atom stereocenters. The van der Waals surface area contributed by atoms with E-state index in [0.29, 0.717) is 0 Å². The van der Waals surface area contributed by atoms with Crippen molar-refractivity contribution in [3.63, 3.8) is 0 Å². The molecule has 0 spiro atoms. The summed E-state index contributed by atoms with van der Waals surface area (Å²) in [6, 6.07) is 37.2. The number of hydrogen-bond acceptors (Lipinski definition) is 6. The Hall–Kier alpha value is -3.09. The zero-order valence-corrected chi connectivity index (χ0v) is 22.6. The maximum absolute atomic E-state index is 12.8. The summed E-state index contributed by atoms with van der Waals surface area (Å²) in [7, 11) is -10.6. The van der Waals surface area contributed by atoms with Crippen LogP contribution >= 0.6 is 0 Å². The van der Waals surface area contributed by atoms with Crippen molar-refractivity contribution in [3.8, 4) is 0 Å². The third-order valence-electron chi connectivity index (χ3n) is 4.99. The predicted octanol–water partition coefficient (Wildman–Crippen LogP) is 5.62. The highest BCUT2D eigenvalue weighted by Gasteiger charge is 2.40. The van der Waals surface area contributed by atoms with E-state index < -0.39 is 37.0 Å². The Balaban J connectivity index is 0.000000211. The normalized spacial score (nSPS) is 12.0. The quantitative estimate of drug-likeness (QED) is 0.153. The van der Waals surface area contributed by atoms with E-state index in [1.165, 1.54) is 26.8 Å². The van der Waals surface area contributed by atoms with Gasteiger partial charge in [-0.2, -0.15) is 17.2 Å². The molecule has 4 aromatic carbocycles. The van der Waals surface area contributed by atoms with Crippen LogP contribution in [-0.4, -0.2) is 33.2 Å². The summed E-state index contributed by atoms with van der Waals surface area (Å²) < 4.78 is 82.8. The second-order valence-electron chi connectivity index (χ2n) is 7.87. The molecule has 0 saturated carbocycles. The molecule has 11 heteroatoms. The summed E-state index contributed by atoms with van der Waals surface area (Å²) in [4.78, 5) is 3.66. The van der Waals surface area contributed by atoms with Gasteiger partial charge in [0.2, 0.25) is 0 Å². The Labute approximate surface area is 224 Å². The van der Waals surface area contributed by atoms with E-state index in [4.69, 9.17) is 0 Å². The van der Waals surface area contributed by atoms with Crippen molar-refractivity contribution in [3.05, 3.63) is 121 Å². The lowest BCUT2D eigenvalue weighted by Gasteiger charge is -2.19. The number of alkyl halides is 2. The van der Waals surface area contributed by atoms with E-state index in [1.807, 2.05) is 0 Å². The smallest absolute Gasteiger partial charge is 0.358 e. The maximum Gasteiger partial charge on any atom is 0.358 e. The number of hydrogen-bond donors (Lipinski definition) is 0. The largest absolute Gasteiger partial charge is 0.743 e. The second kappa shape index (κ2) is 12.6. The van der Waals surface area contributed by atoms with Crippen LogP contribution in [0.4, 0.5) is 8.78 Å². The first-order chi connectivity index (χ1) is 17.9. The third kappa shape index (κ3) is 7.95. The minimum atomic E-state index is -5.99. The molecule has 0 bridgehead atoms. The van der Waals surface area contributed by atoms with Crippen LogP contribution in [0, 0.1) is 6.92 Å². The van der Waals surface area contributed by atoms with E-state index >= 15 is 0 Å². The van der Waals surface area contributed by atoms with Crippen molar-refractivity contribution in [1.29, 1.82) is 0 Å². The number of benzene rings is 4. The molecule has 0 saturated heterocycles.